The predicted molar refractivity (Wildman–Crippen MR) is 85.3 cm³/mol. The Hall–Kier alpha value is -1.41. The summed E-state index contributed by atoms with van der Waals surface area (Å²) in [6, 6.07) is 13.0. The van der Waals surface area contributed by atoms with Gasteiger partial charge in [0.05, 0.1) is 9.79 Å². The van der Waals surface area contributed by atoms with E-state index in [0.717, 1.165) is 11.5 Å². The fourth-order valence-electron chi connectivity index (χ4n) is 2.33. The highest BCUT2D eigenvalue weighted by atomic mass is 32.2. The van der Waals surface area contributed by atoms with Crippen molar-refractivity contribution in [2.24, 2.45) is 0 Å². The van der Waals surface area contributed by atoms with Gasteiger partial charge < -0.3 is 4.74 Å². The van der Waals surface area contributed by atoms with Gasteiger partial charge in [0, 0.05) is 0 Å². The van der Waals surface area contributed by atoms with E-state index in [-0.39, 0.29) is 0 Å². The Morgan fingerprint density at radius 2 is 1.20 bits per heavy atom. The Balaban J connectivity index is 1.99. The molecule has 0 spiro atoms. The molecule has 0 N–H and O–H groups in total. The van der Waals surface area contributed by atoms with E-state index in [1.807, 2.05) is 11.8 Å². The minimum absolute atomic E-state index is 0.546. The van der Waals surface area contributed by atoms with Crippen molar-refractivity contribution in [1.29, 1.82) is 0 Å². The van der Waals surface area contributed by atoms with Gasteiger partial charge in [-0.25, -0.2) is 0 Å². The van der Waals surface area contributed by atoms with Crippen LogP contribution in [0.25, 0.3) is 0 Å². The molecule has 0 bridgehead atoms. The Bertz CT molecular complexity index is 588. The normalized spacial score (nSPS) is 13.1. The predicted octanol–water partition coefficient (Wildman–Crippen LogP) is 6.19. The summed E-state index contributed by atoms with van der Waals surface area (Å²) < 4.78 is 6.03. The Labute approximate surface area is 125 Å². The molecule has 0 radical (unpaired) electrons. The Morgan fingerprint density at radius 1 is 0.750 bits per heavy atom. The number of ether oxygens (including phenoxy) is 1. The van der Waals surface area contributed by atoms with Crippen LogP contribution < -0.4 is 4.74 Å². The molecule has 0 atom stereocenters. The van der Waals surface area contributed by atoms with E-state index in [4.69, 9.17) is 4.74 Å². The quantitative estimate of drug-likeness (QED) is 0.555. The highest BCUT2D eigenvalue weighted by molar-refractivity contribution is 7.99. The van der Waals surface area contributed by atoms with Gasteiger partial charge in [0.25, 0.3) is 0 Å². The van der Waals surface area contributed by atoms with Crippen LogP contribution >= 0.6 is 11.8 Å². The van der Waals surface area contributed by atoms with Crippen LogP contribution in [0, 0.1) is 0 Å². The Morgan fingerprint density at radius 3 is 1.60 bits per heavy atom. The molecule has 1 aliphatic rings. The van der Waals surface area contributed by atoms with Gasteiger partial charge in [-0.3, -0.25) is 0 Å². The highest BCUT2D eigenvalue weighted by Crippen LogP contribution is 2.48. The lowest BCUT2D eigenvalue weighted by molar-refractivity contribution is 0.453. The van der Waals surface area contributed by atoms with Crippen LogP contribution in [0.5, 0.6) is 11.5 Å². The molecule has 3 rings (SSSR count). The molecule has 0 fully saturated rings. The average molecular weight is 284 g/mol. The van der Waals surface area contributed by atoms with Crippen LogP contribution in [0.15, 0.2) is 46.2 Å². The SMILES string of the molecule is CC(C)c1ccc2c(c1)Sc1cc(C(C)C)ccc1O2. The molecule has 2 heteroatoms. The van der Waals surface area contributed by atoms with E-state index < -0.39 is 0 Å². The van der Waals surface area contributed by atoms with Crippen molar-refractivity contribution >= 4 is 11.8 Å². The molecular formula is C18H20OS. The molecule has 0 aliphatic carbocycles. The Kier molecular flexibility index (Phi) is 3.51. The third kappa shape index (κ3) is 2.45. The number of hydrogen-bond acceptors (Lipinski definition) is 2. The van der Waals surface area contributed by atoms with Crippen molar-refractivity contribution in [3.63, 3.8) is 0 Å². The molecular weight excluding hydrogens is 264 g/mol. The number of benzene rings is 2. The van der Waals surface area contributed by atoms with Crippen molar-refractivity contribution < 1.29 is 4.74 Å². The van der Waals surface area contributed by atoms with Crippen LogP contribution in [-0.4, -0.2) is 0 Å². The zero-order chi connectivity index (χ0) is 14.3. The molecule has 1 nitrogen and oxygen atoms in total. The van der Waals surface area contributed by atoms with Crippen LogP contribution in [0.3, 0.4) is 0 Å². The molecule has 0 aromatic heterocycles. The van der Waals surface area contributed by atoms with Gasteiger partial charge in [-0.2, -0.15) is 0 Å². The van der Waals surface area contributed by atoms with E-state index in [2.05, 4.69) is 64.1 Å². The minimum atomic E-state index is 0.546. The van der Waals surface area contributed by atoms with E-state index in [9.17, 15) is 0 Å². The van der Waals surface area contributed by atoms with Gasteiger partial charge in [0.15, 0.2) is 0 Å². The maximum Gasteiger partial charge on any atom is 0.141 e. The molecule has 20 heavy (non-hydrogen) atoms. The first-order valence-corrected chi connectivity index (χ1v) is 8.00. The zero-order valence-corrected chi connectivity index (χ0v) is 13.3. The zero-order valence-electron chi connectivity index (χ0n) is 12.4. The summed E-state index contributed by atoms with van der Waals surface area (Å²) in [7, 11) is 0. The maximum atomic E-state index is 6.03. The summed E-state index contributed by atoms with van der Waals surface area (Å²) in [4.78, 5) is 2.45. The summed E-state index contributed by atoms with van der Waals surface area (Å²) in [5.41, 5.74) is 2.73. The van der Waals surface area contributed by atoms with Crippen LogP contribution in [-0.2, 0) is 0 Å². The maximum absolute atomic E-state index is 6.03. The van der Waals surface area contributed by atoms with Crippen molar-refractivity contribution in [2.75, 3.05) is 0 Å². The van der Waals surface area contributed by atoms with Gasteiger partial charge in [-0.05, 0) is 47.2 Å². The minimum Gasteiger partial charge on any atom is -0.455 e. The molecule has 2 aromatic rings. The third-order valence-corrected chi connectivity index (χ3v) is 4.79. The smallest absolute Gasteiger partial charge is 0.141 e. The largest absolute Gasteiger partial charge is 0.455 e. The number of rotatable bonds is 2. The molecule has 0 saturated heterocycles. The topological polar surface area (TPSA) is 9.23 Å². The van der Waals surface area contributed by atoms with E-state index in [0.29, 0.717) is 11.8 Å². The first kappa shape index (κ1) is 13.6. The highest BCUT2D eigenvalue weighted by Gasteiger charge is 2.19. The summed E-state index contributed by atoms with van der Waals surface area (Å²) in [5, 5.41) is 0. The van der Waals surface area contributed by atoms with Gasteiger partial charge in [0.1, 0.15) is 11.5 Å². The first-order valence-electron chi connectivity index (χ1n) is 7.18. The second kappa shape index (κ2) is 5.17. The van der Waals surface area contributed by atoms with Gasteiger partial charge in [-0.1, -0.05) is 51.6 Å². The summed E-state index contributed by atoms with van der Waals surface area (Å²) >= 11 is 1.82. The van der Waals surface area contributed by atoms with E-state index >= 15 is 0 Å². The fraction of sp³-hybridized carbons (Fsp3) is 0.333. The van der Waals surface area contributed by atoms with Gasteiger partial charge in [0.2, 0.25) is 0 Å². The fourth-order valence-corrected chi connectivity index (χ4v) is 3.38. The molecule has 0 unspecified atom stereocenters. The molecule has 104 valence electrons. The second-order valence-electron chi connectivity index (χ2n) is 5.93. The monoisotopic (exact) mass is 284 g/mol. The van der Waals surface area contributed by atoms with Crippen molar-refractivity contribution in [3.8, 4) is 11.5 Å². The summed E-state index contributed by atoms with van der Waals surface area (Å²) in [6.45, 7) is 8.89. The van der Waals surface area contributed by atoms with E-state index in [1.54, 1.807) is 0 Å². The summed E-state index contributed by atoms with van der Waals surface area (Å²) in [5.74, 6) is 3.04. The second-order valence-corrected chi connectivity index (χ2v) is 7.01. The lowest BCUT2D eigenvalue weighted by Crippen LogP contribution is -1.98. The van der Waals surface area contributed by atoms with Crippen LogP contribution in [0.2, 0.25) is 0 Å². The standard InChI is InChI=1S/C18H20OS/c1-11(2)13-5-7-15-17(9-13)20-18-10-14(12(3)4)6-8-16(18)19-15/h5-12H,1-4H3. The van der Waals surface area contributed by atoms with Crippen molar-refractivity contribution in [2.45, 2.75) is 49.3 Å². The third-order valence-electron chi connectivity index (χ3n) is 3.71. The molecule has 0 saturated carbocycles. The van der Waals surface area contributed by atoms with Crippen LogP contribution in [0.1, 0.15) is 50.7 Å². The molecule has 2 aromatic carbocycles. The molecule has 0 amide bonds. The lowest BCUT2D eigenvalue weighted by atomic mass is 10.0. The first-order chi connectivity index (χ1) is 9.54. The van der Waals surface area contributed by atoms with Crippen LogP contribution in [0.4, 0.5) is 0 Å². The van der Waals surface area contributed by atoms with E-state index in [1.165, 1.54) is 20.9 Å². The summed E-state index contributed by atoms with van der Waals surface area (Å²) in [6.07, 6.45) is 0. The van der Waals surface area contributed by atoms with Crippen molar-refractivity contribution in [3.05, 3.63) is 47.5 Å². The number of hydrogen-bond donors (Lipinski definition) is 0. The van der Waals surface area contributed by atoms with Gasteiger partial charge in [-0.15, -0.1) is 0 Å². The number of fused-ring (bicyclic) bond motifs is 2. The van der Waals surface area contributed by atoms with Crippen molar-refractivity contribution in [1.82, 2.24) is 0 Å². The average Bonchev–Trinajstić information content (AvgIpc) is 2.43. The lowest BCUT2D eigenvalue weighted by Gasteiger charge is -2.22. The molecule has 1 heterocycles. The van der Waals surface area contributed by atoms with Gasteiger partial charge >= 0.3 is 0 Å². The molecule has 1 aliphatic heterocycles.